The third-order valence-electron chi connectivity index (χ3n) is 2.91. The van der Waals surface area contributed by atoms with Gasteiger partial charge in [0, 0.05) is 18.9 Å². The van der Waals surface area contributed by atoms with Gasteiger partial charge in [0.15, 0.2) is 5.82 Å². The molecule has 2 heterocycles. The van der Waals surface area contributed by atoms with Crippen molar-refractivity contribution in [3.63, 3.8) is 0 Å². The van der Waals surface area contributed by atoms with E-state index < -0.39 is 0 Å². The van der Waals surface area contributed by atoms with Crippen LogP contribution in [0, 0.1) is 5.92 Å². The molecule has 1 aliphatic heterocycles. The summed E-state index contributed by atoms with van der Waals surface area (Å²) in [5.41, 5.74) is 0. The molecule has 2 rings (SSSR count). The summed E-state index contributed by atoms with van der Waals surface area (Å²) in [4.78, 5) is 15.7. The molecule has 5 nitrogen and oxygen atoms in total. The molecule has 1 aromatic heterocycles. The van der Waals surface area contributed by atoms with Crippen LogP contribution in [0.5, 0.6) is 0 Å². The molecule has 1 atom stereocenters. The predicted octanol–water partition coefficient (Wildman–Crippen LogP) is 1.56. The molecule has 1 aromatic rings. The number of aromatic nitrogens is 2. The van der Waals surface area contributed by atoms with Crippen LogP contribution in [0.25, 0.3) is 0 Å². The molecule has 0 saturated carbocycles. The fourth-order valence-corrected chi connectivity index (χ4v) is 1.81. The maximum atomic E-state index is 11.5. The molecule has 0 N–H and O–H groups in total. The predicted molar refractivity (Wildman–Crippen MR) is 60.5 cm³/mol. The topological polar surface area (TPSA) is 65.2 Å². The molecule has 0 bridgehead atoms. The van der Waals surface area contributed by atoms with Gasteiger partial charge in [-0.3, -0.25) is 4.79 Å². The molecule has 0 aromatic carbocycles. The summed E-state index contributed by atoms with van der Waals surface area (Å²) in [7, 11) is 0. The van der Waals surface area contributed by atoms with Gasteiger partial charge in [0.2, 0.25) is 5.89 Å². The maximum Gasteiger partial charge on any atom is 0.234 e. The van der Waals surface area contributed by atoms with Gasteiger partial charge in [0.25, 0.3) is 0 Å². The van der Waals surface area contributed by atoms with E-state index in [1.54, 1.807) is 0 Å². The minimum atomic E-state index is 0.00326. The number of hydrogen-bond donors (Lipinski definition) is 0. The first kappa shape index (κ1) is 12.2. The van der Waals surface area contributed by atoms with Crippen LogP contribution < -0.4 is 0 Å². The van der Waals surface area contributed by atoms with Crippen LogP contribution >= 0.6 is 0 Å². The third-order valence-corrected chi connectivity index (χ3v) is 2.91. The Morgan fingerprint density at radius 3 is 3.00 bits per heavy atom. The van der Waals surface area contributed by atoms with Crippen LogP contribution in [0.2, 0.25) is 0 Å². The van der Waals surface area contributed by atoms with Gasteiger partial charge >= 0.3 is 0 Å². The summed E-state index contributed by atoms with van der Waals surface area (Å²) in [6, 6.07) is 0. The van der Waals surface area contributed by atoms with Gasteiger partial charge in [0.1, 0.15) is 5.78 Å². The van der Waals surface area contributed by atoms with Gasteiger partial charge in [-0.05, 0) is 12.8 Å². The van der Waals surface area contributed by atoms with Gasteiger partial charge in [0.05, 0.1) is 12.5 Å². The Morgan fingerprint density at radius 2 is 2.35 bits per heavy atom. The molecule has 0 spiro atoms. The Balaban J connectivity index is 1.89. The highest BCUT2D eigenvalue weighted by Crippen LogP contribution is 2.16. The molecule has 0 radical (unpaired) electrons. The Morgan fingerprint density at radius 1 is 1.53 bits per heavy atom. The van der Waals surface area contributed by atoms with Crippen molar-refractivity contribution in [1.29, 1.82) is 0 Å². The summed E-state index contributed by atoms with van der Waals surface area (Å²) < 4.78 is 10.6. The lowest BCUT2D eigenvalue weighted by atomic mass is 10.1. The minimum absolute atomic E-state index is 0.00326. The van der Waals surface area contributed by atoms with Crippen LogP contribution in [0.3, 0.4) is 0 Å². The first-order chi connectivity index (χ1) is 8.15. The standard InChI is InChI=1S/C12H18N2O3/c1-8(2)10(15)7-12-13-11(14-17-12)6-9-4-3-5-16-9/h8-9H,3-7H2,1-2H3. The van der Waals surface area contributed by atoms with Crippen LogP contribution in [-0.4, -0.2) is 28.6 Å². The second-order valence-electron chi connectivity index (χ2n) is 4.74. The molecule has 1 saturated heterocycles. The summed E-state index contributed by atoms with van der Waals surface area (Å²) >= 11 is 0. The summed E-state index contributed by atoms with van der Waals surface area (Å²) in [5.74, 6) is 1.18. The summed E-state index contributed by atoms with van der Waals surface area (Å²) in [6.45, 7) is 4.55. The van der Waals surface area contributed by atoms with Gasteiger partial charge in [-0.15, -0.1) is 0 Å². The molecule has 17 heavy (non-hydrogen) atoms. The zero-order valence-corrected chi connectivity index (χ0v) is 10.3. The number of carbonyl (C=O) groups excluding carboxylic acids is 1. The number of hydrogen-bond acceptors (Lipinski definition) is 5. The van der Waals surface area contributed by atoms with Crippen LogP contribution in [0.15, 0.2) is 4.52 Å². The first-order valence-electron chi connectivity index (χ1n) is 6.11. The molecule has 1 unspecified atom stereocenters. The molecule has 1 aliphatic rings. The van der Waals surface area contributed by atoms with Gasteiger partial charge in [-0.1, -0.05) is 19.0 Å². The van der Waals surface area contributed by atoms with E-state index in [4.69, 9.17) is 9.26 Å². The Labute approximate surface area is 101 Å². The number of nitrogens with zero attached hydrogens (tertiary/aromatic N) is 2. The van der Waals surface area contributed by atoms with Crippen molar-refractivity contribution < 1.29 is 14.1 Å². The molecular weight excluding hydrogens is 220 g/mol. The average molecular weight is 238 g/mol. The highest BCUT2D eigenvalue weighted by molar-refractivity contribution is 5.81. The van der Waals surface area contributed by atoms with E-state index in [1.807, 2.05) is 13.8 Å². The smallest absolute Gasteiger partial charge is 0.234 e. The van der Waals surface area contributed by atoms with E-state index in [-0.39, 0.29) is 24.2 Å². The van der Waals surface area contributed by atoms with E-state index in [9.17, 15) is 4.79 Å². The van der Waals surface area contributed by atoms with E-state index in [2.05, 4.69) is 10.1 Å². The molecular formula is C12H18N2O3. The van der Waals surface area contributed by atoms with E-state index >= 15 is 0 Å². The van der Waals surface area contributed by atoms with Crippen LogP contribution in [0.4, 0.5) is 0 Å². The molecule has 94 valence electrons. The number of carbonyl (C=O) groups is 1. The molecule has 1 fully saturated rings. The number of ether oxygens (including phenoxy) is 1. The largest absolute Gasteiger partial charge is 0.378 e. The quantitative estimate of drug-likeness (QED) is 0.778. The van der Waals surface area contributed by atoms with Crippen molar-refractivity contribution in [2.24, 2.45) is 5.92 Å². The van der Waals surface area contributed by atoms with Crippen molar-refractivity contribution in [1.82, 2.24) is 10.1 Å². The Hall–Kier alpha value is -1.23. The normalized spacial score (nSPS) is 20.1. The van der Waals surface area contributed by atoms with Gasteiger partial charge < -0.3 is 9.26 Å². The zero-order valence-electron chi connectivity index (χ0n) is 10.3. The van der Waals surface area contributed by atoms with Gasteiger partial charge in [-0.25, -0.2) is 0 Å². The lowest BCUT2D eigenvalue weighted by Gasteiger charge is -2.03. The fourth-order valence-electron chi connectivity index (χ4n) is 1.81. The van der Waals surface area contributed by atoms with E-state index in [1.165, 1.54) is 0 Å². The number of rotatable bonds is 5. The first-order valence-corrected chi connectivity index (χ1v) is 6.11. The van der Waals surface area contributed by atoms with Crippen molar-refractivity contribution >= 4 is 5.78 Å². The molecule has 0 amide bonds. The van der Waals surface area contributed by atoms with Crippen molar-refractivity contribution in [3.05, 3.63) is 11.7 Å². The summed E-state index contributed by atoms with van der Waals surface area (Å²) in [5, 5.41) is 3.87. The Kier molecular flexibility index (Phi) is 3.89. The SMILES string of the molecule is CC(C)C(=O)Cc1nc(CC2CCCO2)no1. The highest BCUT2D eigenvalue weighted by Gasteiger charge is 2.20. The van der Waals surface area contributed by atoms with Crippen LogP contribution in [-0.2, 0) is 22.4 Å². The third kappa shape index (κ3) is 3.36. The van der Waals surface area contributed by atoms with E-state index in [0.717, 1.165) is 19.4 Å². The van der Waals surface area contributed by atoms with Crippen molar-refractivity contribution in [3.8, 4) is 0 Å². The molecule has 5 heteroatoms. The minimum Gasteiger partial charge on any atom is -0.378 e. The number of Topliss-reactive ketones (excluding diaryl/α,β-unsaturated/α-hetero) is 1. The zero-order chi connectivity index (χ0) is 12.3. The highest BCUT2D eigenvalue weighted by atomic mass is 16.5. The lowest BCUT2D eigenvalue weighted by molar-refractivity contribution is -0.121. The lowest BCUT2D eigenvalue weighted by Crippen LogP contribution is -2.11. The fraction of sp³-hybridized carbons (Fsp3) is 0.750. The average Bonchev–Trinajstić information content (AvgIpc) is 2.91. The van der Waals surface area contributed by atoms with Gasteiger partial charge in [-0.2, -0.15) is 4.98 Å². The van der Waals surface area contributed by atoms with Crippen molar-refractivity contribution in [2.75, 3.05) is 6.61 Å². The second kappa shape index (κ2) is 5.40. The van der Waals surface area contributed by atoms with Crippen LogP contribution in [0.1, 0.15) is 38.4 Å². The molecule has 0 aliphatic carbocycles. The monoisotopic (exact) mass is 238 g/mol. The maximum absolute atomic E-state index is 11.5. The summed E-state index contributed by atoms with van der Waals surface area (Å²) in [6.07, 6.45) is 3.27. The van der Waals surface area contributed by atoms with Crippen molar-refractivity contribution in [2.45, 2.75) is 45.6 Å². The number of ketones is 1. The Bertz CT molecular complexity index is 381. The van der Waals surface area contributed by atoms with E-state index in [0.29, 0.717) is 18.1 Å². The second-order valence-corrected chi connectivity index (χ2v) is 4.74.